The SMILES string of the molecule is C=C(C)C(=O)OC1CCN2CC1c1c(F)c(F)c(F)c(C3=c4cc(CCCC)c(=C)c(S(=O)(=O)NC(CC)CCCC)c4Oc4c3cc3c(c4S(=O)(=O)NC(CC)CCCC)NCCC3C)c1C2=O. The molecule has 5 atom stereocenters. The summed E-state index contributed by atoms with van der Waals surface area (Å²) in [6.45, 7) is 21.2. The summed E-state index contributed by atoms with van der Waals surface area (Å²) in [7, 11) is -9.23. The molecule has 2 bridgehead atoms. The molecular formula is C52H67F3N4O8S2. The Morgan fingerprint density at radius 3 is 2.10 bits per heavy atom. The van der Waals surface area contributed by atoms with E-state index in [-0.39, 0.29) is 68.9 Å². The Balaban J connectivity index is 1.69. The van der Waals surface area contributed by atoms with E-state index >= 15 is 30.0 Å². The fraction of sp³-hybridized carbons (Fsp3) is 0.538. The van der Waals surface area contributed by atoms with Crippen molar-refractivity contribution >= 4 is 49.8 Å². The van der Waals surface area contributed by atoms with Gasteiger partial charge in [-0.3, -0.25) is 4.79 Å². The third kappa shape index (κ3) is 9.73. The van der Waals surface area contributed by atoms with E-state index in [1.54, 1.807) is 12.1 Å². The fourth-order valence-corrected chi connectivity index (χ4v) is 13.7. The van der Waals surface area contributed by atoms with Crippen molar-refractivity contribution in [2.75, 3.05) is 25.0 Å². The maximum atomic E-state index is 17.7. The van der Waals surface area contributed by atoms with Crippen LogP contribution in [0.3, 0.4) is 0 Å². The predicted octanol–water partition coefficient (Wildman–Crippen LogP) is 9.05. The van der Waals surface area contributed by atoms with Crippen molar-refractivity contribution in [1.29, 1.82) is 0 Å². The van der Waals surface area contributed by atoms with E-state index in [0.717, 1.165) is 25.7 Å². The number of hydrogen-bond donors (Lipinski definition) is 3. The number of piperidine rings is 1. The van der Waals surface area contributed by atoms with Crippen LogP contribution in [0.1, 0.15) is 176 Å². The molecule has 7 rings (SSSR count). The standard InChI is InChI=1S/C52H67F3N4O8S2/c1-10-15-18-31-25-35-39(41-42-40(43(53)45(55)44(41)54)37-27-59(51(42)60)24-22-38(37)66-52(61)28(6)7)36-26-34-29(8)21-23-56-46(34)50(69(64,65)58-33(14-5)20-17-12-3)48(36)67-47(35)49(30(31)9)68(62,63)57-32(13-4)19-16-11-2/h25-26,29,32-33,37-38,56-58H,6,9-24,27H2,1-5,7-8H3. The van der Waals surface area contributed by atoms with E-state index in [1.807, 2.05) is 41.5 Å². The highest BCUT2D eigenvalue weighted by Crippen LogP contribution is 2.52. The van der Waals surface area contributed by atoms with Gasteiger partial charge < -0.3 is 19.7 Å². The lowest BCUT2D eigenvalue weighted by Crippen LogP contribution is -2.51. The van der Waals surface area contributed by atoms with Gasteiger partial charge in [0.05, 0.1) is 11.3 Å². The monoisotopic (exact) mass is 996 g/mol. The molecular weight excluding hydrogens is 930 g/mol. The number of halogens is 3. The number of benzene rings is 3. The van der Waals surface area contributed by atoms with Crippen LogP contribution in [0.5, 0.6) is 11.5 Å². The van der Waals surface area contributed by atoms with Crippen molar-refractivity contribution in [2.24, 2.45) is 0 Å². The topological polar surface area (TPSA) is 160 Å². The molecule has 0 spiro atoms. The second kappa shape index (κ2) is 20.9. The maximum absolute atomic E-state index is 17.7. The van der Waals surface area contributed by atoms with E-state index in [9.17, 15) is 9.59 Å². The first-order valence-corrected chi connectivity index (χ1v) is 27.7. The molecule has 5 unspecified atom stereocenters. The van der Waals surface area contributed by atoms with Gasteiger partial charge >= 0.3 is 5.97 Å². The molecule has 12 nitrogen and oxygen atoms in total. The molecule has 4 aliphatic heterocycles. The zero-order chi connectivity index (χ0) is 50.3. The van der Waals surface area contributed by atoms with Crippen molar-refractivity contribution in [1.82, 2.24) is 14.3 Å². The highest BCUT2D eigenvalue weighted by Gasteiger charge is 2.48. The minimum atomic E-state index is -4.62. The highest BCUT2D eigenvalue weighted by atomic mass is 32.2. The number of ether oxygens (including phenoxy) is 2. The minimum absolute atomic E-state index is 0.0205. The number of amides is 1. The summed E-state index contributed by atoms with van der Waals surface area (Å²) in [6.07, 6.45) is 6.06. The Bertz CT molecular complexity index is 2910. The molecule has 0 aromatic heterocycles. The molecule has 69 heavy (non-hydrogen) atoms. The zero-order valence-corrected chi connectivity index (χ0v) is 42.6. The third-order valence-corrected chi connectivity index (χ3v) is 17.5. The van der Waals surface area contributed by atoms with Crippen molar-refractivity contribution in [3.05, 3.63) is 85.6 Å². The number of aryl methyl sites for hydroxylation is 1. The second-order valence-corrected chi connectivity index (χ2v) is 22.5. The molecule has 1 amide bonds. The van der Waals surface area contributed by atoms with Gasteiger partial charge in [-0.2, -0.15) is 0 Å². The first-order chi connectivity index (χ1) is 32.8. The number of esters is 1. The highest BCUT2D eigenvalue weighted by molar-refractivity contribution is 7.90. The summed E-state index contributed by atoms with van der Waals surface area (Å²) < 4.78 is 131. The van der Waals surface area contributed by atoms with Crippen LogP contribution in [0.2, 0.25) is 0 Å². The van der Waals surface area contributed by atoms with Gasteiger partial charge in [0.15, 0.2) is 29.0 Å². The van der Waals surface area contributed by atoms with Gasteiger partial charge in [-0.05, 0) is 86.3 Å². The quantitative estimate of drug-likeness (QED) is 0.0446. The lowest BCUT2D eigenvalue weighted by molar-refractivity contribution is -0.147. The number of fused-ring (bicyclic) bond motifs is 7. The van der Waals surface area contributed by atoms with Crippen LogP contribution in [0.25, 0.3) is 12.2 Å². The number of anilines is 1. The lowest BCUT2D eigenvalue weighted by atomic mass is 9.76. The summed E-state index contributed by atoms with van der Waals surface area (Å²) in [6, 6.07) is 2.17. The van der Waals surface area contributed by atoms with Crippen LogP contribution in [0, 0.1) is 17.5 Å². The Hall–Kier alpha value is -4.71. The van der Waals surface area contributed by atoms with Gasteiger partial charge in [-0.15, -0.1) is 0 Å². The van der Waals surface area contributed by atoms with E-state index in [2.05, 4.69) is 27.9 Å². The fourth-order valence-electron chi connectivity index (χ4n) is 10.3. The van der Waals surface area contributed by atoms with Gasteiger partial charge in [0, 0.05) is 77.1 Å². The normalized spacial score (nSPS) is 19.4. The van der Waals surface area contributed by atoms with Gasteiger partial charge in [0.2, 0.25) is 20.0 Å². The number of carbonyl (C=O) groups is 2. The number of nitrogens with zero attached hydrogens (tertiary/aromatic N) is 1. The summed E-state index contributed by atoms with van der Waals surface area (Å²) in [5, 5.41) is 3.25. The second-order valence-electron chi connectivity index (χ2n) is 19.2. The average molecular weight is 997 g/mol. The number of nitrogens with one attached hydrogen (secondary N) is 3. The first kappa shape index (κ1) is 52.1. The van der Waals surface area contributed by atoms with E-state index in [1.165, 1.54) is 11.8 Å². The van der Waals surface area contributed by atoms with Crippen LogP contribution in [0.4, 0.5) is 18.9 Å². The smallest absolute Gasteiger partial charge is 0.333 e. The molecule has 17 heteroatoms. The Labute approximate surface area is 405 Å². The Kier molecular flexibility index (Phi) is 15.8. The summed E-state index contributed by atoms with van der Waals surface area (Å²) in [5.74, 6) is -9.14. The Morgan fingerprint density at radius 2 is 1.51 bits per heavy atom. The van der Waals surface area contributed by atoms with Crippen molar-refractivity contribution in [2.45, 2.75) is 172 Å². The molecule has 4 aliphatic rings. The molecule has 376 valence electrons. The number of rotatable bonds is 20. The molecule has 3 aromatic rings. The zero-order valence-electron chi connectivity index (χ0n) is 40.9. The largest absolute Gasteiger partial charge is 0.458 e. The van der Waals surface area contributed by atoms with Crippen molar-refractivity contribution in [3.63, 3.8) is 0 Å². The van der Waals surface area contributed by atoms with E-state index in [0.29, 0.717) is 69.0 Å². The molecule has 1 fully saturated rings. The molecule has 0 radical (unpaired) electrons. The molecule has 0 saturated carbocycles. The summed E-state index contributed by atoms with van der Waals surface area (Å²) in [4.78, 5) is 28.4. The number of hydrogen-bond acceptors (Lipinski definition) is 9. The minimum Gasteiger partial charge on any atom is -0.458 e. The number of sulfonamides is 2. The molecule has 0 aliphatic carbocycles. The van der Waals surface area contributed by atoms with Crippen LogP contribution in [0.15, 0.2) is 34.1 Å². The number of carbonyl (C=O) groups excluding carboxylic acids is 2. The summed E-state index contributed by atoms with van der Waals surface area (Å²) in [5.41, 5.74) is -0.900. The third-order valence-electron chi connectivity index (χ3n) is 14.3. The maximum Gasteiger partial charge on any atom is 0.333 e. The molecule has 3 N–H and O–H groups in total. The molecule has 4 heterocycles. The van der Waals surface area contributed by atoms with E-state index in [4.69, 9.17) is 9.47 Å². The van der Waals surface area contributed by atoms with Gasteiger partial charge in [0.1, 0.15) is 15.9 Å². The molecule has 3 aromatic carbocycles. The summed E-state index contributed by atoms with van der Waals surface area (Å²) >= 11 is 0. The van der Waals surface area contributed by atoms with Gasteiger partial charge in [-0.25, -0.2) is 44.2 Å². The lowest BCUT2D eigenvalue weighted by Gasteiger charge is -2.43. The Morgan fingerprint density at radius 1 is 0.884 bits per heavy atom. The van der Waals surface area contributed by atoms with Gasteiger partial charge in [-0.1, -0.05) is 86.8 Å². The molecule has 1 saturated heterocycles. The predicted molar refractivity (Wildman–Crippen MR) is 262 cm³/mol. The van der Waals surface area contributed by atoms with Crippen molar-refractivity contribution in [3.8, 4) is 11.5 Å². The van der Waals surface area contributed by atoms with Crippen LogP contribution in [-0.2, 0) is 36.0 Å². The first-order valence-electron chi connectivity index (χ1n) is 24.7. The van der Waals surface area contributed by atoms with E-state index < -0.39 is 101 Å². The van der Waals surface area contributed by atoms with Crippen LogP contribution in [-0.4, -0.2) is 71.4 Å². The van der Waals surface area contributed by atoms with Crippen LogP contribution < -0.4 is 29.9 Å². The van der Waals surface area contributed by atoms with Crippen LogP contribution >= 0.6 is 0 Å². The average Bonchev–Trinajstić information content (AvgIpc) is 3.31. The number of unbranched alkanes of at least 4 members (excludes halogenated alkanes) is 3. The van der Waals surface area contributed by atoms with Gasteiger partial charge in [0.25, 0.3) is 5.91 Å². The van der Waals surface area contributed by atoms with Crippen molar-refractivity contribution < 1.29 is 49.1 Å².